The number of carboxylic acid groups (broad SMARTS) is 4. The molecule has 0 amide bonds. The molecule has 0 spiro atoms. The Balaban J connectivity index is 0.000000304. The van der Waals surface area contributed by atoms with Crippen LogP contribution in [0.15, 0.2) is 77.7 Å². The van der Waals surface area contributed by atoms with Crippen molar-refractivity contribution in [3.63, 3.8) is 0 Å². The highest BCUT2D eigenvalue weighted by Crippen LogP contribution is 2.46. The largest absolute Gasteiger partial charge is 0.478 e. The number of aryl methyl sites for hydroxylation is 1. The van der Waals surface area contributed by atoms with E-state index in [0.717, 1.165) is 0 Å². The Morgan fingerprint density at radius 1 is 0.780 bits per heavy atom. The second-order valence-corrected chi connectivity index (χ2v) is 10.6. The summed E-state index contributed by atoms with van der Waals surface area (Å²) in [6.07, 6.45) is 3.48. The maximum absolute atomic E-state index is 9.55. The number of thioether (sulfide) groups is 1. The van der Waals surface area contributed by atoms with Crippen LogP contribution in [0.3, 0.4) is 0 Å². The zero-order chi connectivity index (χ0) is 30.4. The first-order chi connectivity index (χ1) is 19.5. The number of likely N-dealkylation sites (N-methyl/N-ethyl adjacent to an activating group) is 1. The van der Waals surface area contributed by atoms with Crippen molar-refractivity contribution in [2.45, 2.75) is 30.2 Å². The highest BCUT2D eigenvalue weighted by Gasteiger charge is 2.34. The summed E-state index contributed by atoms with van der Waals surface area (Å²) >= 11 is 2.05. The smallest absolute Gasteiger partial charge is 0.328 e. The molecule has 0 aliphatic carbocycles. The van der Waals surface area contributed by atoms with Crippen LogP contribution in [0.25, 0.3) is 0 Å². The molecule has 11 heteroatoms. The molecule has 0 radical (unpaired) electrons. The molecule has 2 unspecified atom stereocenters. The van der Waals surface area contributed by atoms with Gasteiger partial charge < -0.3 is 25.3 Å². The molecule has 1 saturated heterocycles. The number of piperazine rings is 1. The molecule has 0 bridgehead atoms. The van der Waals surface area contributed by atoms with E-state index in [-0.39, 0.29) is 0 Å². The van der Waals surface area contributed by atoms with E-state index in [1.165, 1.54) is 54.4 Å². The molecule has 0 saturated carbocycles. The van der Waals surface area contributed by atoms with E-state index in [1.807, 2.05) is 11.8 Å². The Hall–Kier alpha value is -3.93. The molecule has 2 atom stereocenters. The maximum Gasteiger partial charge on any atom is 0.328 e. The topological polar surface area (TPSA) is 156 Å². The van der Waals surface area contributed by atoms with Crippen molar-refractivity contribution in [3.8, 4) is 0 Å². The van der Waals surface area contributed by atoms with Gasteiger partial charge in [-0.2, -0.15) is 0 Å². The summed E-state index contributed by atoms with van der Waals surface area (Å²) in [5.74, 6) is -3.24. The van der Waals surface area contributed by atoms with Gasteiger partial charge in [-0.25, -0.2) is 19.2 Å². The maximum atomic E-state index is 9.55. The third-order valence-corrected chi connectivity index (χ3v) is 7.57. The van der Waals surface area contributed by atoms with Crippen LogP contribution < -0.4 is 0 Å². The molecule has 41 heavy (non-hydrogen) atoms. The van der Waals surface area contributed by atoms with Crippen LogP contribution in [0.1, 0.15) is 35.1 Å². The quantitative estimate of drug-likeness (QED) is 0.364. The molecule has 2 aliphatic heterocycles. The zero-order valence-electron chi connectivity index (χ0n) is 23.1. The Morgan fingerprint density at radius 3 is 1.78 bits per heavy atom. The summed E-state index contributed by atoms with van der Waals surface area (Å²) in [5.41, 5.74) is 4.44. The van der Waals surface area contributed by atoms with Gasteiger partial charge in [0, 0.05) is 67.3 Å². The average molecular weight is 585 g/mol. The fraction of sp³-hybridized carbons (Fsp3) is 0.333. The van der Waals surface area contributed by atoms with E-state index >= 15 is 0 Å². The number of nitrogens with zero attached hydrogens (tertiary/aromatic N) is 2. The highest BCUT2D eigenvalue weighted by atomic mass is 32.2. The van der Waals surface area contributed by atoms with E-state index in [1.54, 1.807) is 5.56 Å². The molecule has 10 nitrogen and oxygen atoms in total. The number of hydrogen-bond acceptors (Lipinski definition) is 7. The number of fused-ring (bicyclic) bond motifs is 1. The summed E-state index contributed by atoms with van der Waals surface area (Å²) in [5, 5.41) is 31.2. The van der Waals surface area contributed by atoms with Gasteiger partial charge in [-0.1, -0.05) is 48.0 Å². The van der Waals surface area contributed by atoms with Crippen LogP contribution in [-0.2, 0) is 19.2 Å². The fourth-order valence-electron chi connectivity index (χ4n) is 4.59. The molecule has 1 fully saturated rings. The number of rotatable bonds is 6. The molecule has 2 aromatic carbocycles. The van der Waals surface area contributed by atoms with Crippen molar-refractivity contribution in [2.75, 3.05) is 39.0 Å². The van der Waals surface area contributed by atoms with Crippen LogP contribution in [0.4, 0.5) is 0 Å². The minimum atomic E-state index is -1.26. The van der Waals surface area contributed by atoms with Crippen LogP contribution in [-0.4, -0.2) is 93.1 Å². The third-order valence-electron chi connectivity index (χ3n) is 6.45. The monoisotopic (exact) mass is 584 g/mol. The van der Waals surface area contributed by atoms with Gasteiger partial charge in [-0.15, -0.1) is 11.8 Å². The lowest BCUT2D eigenvalue weighted by molar-refractivity contribution is -0.134. The molecule has 220 valence electrons. The van der Waals surface area contributed by atoms with Crippen molar-refractivity contribution in [1.82, 2.24) is 9.80 Å². The van der Waals surface area contributed by atoms with Crippen molar-refractivity contribution in [2.24, 2.45) is 0 Å². The lowest BCUT2D eigenvalue weighted by Crippen LogP contribution is -2.47. The Morgan fingerprint density at radius 2 is 1.29 bits per heavy atom. The van der Waals surface area contributed by atoms with E-state index in [0.29, 0.717) is 36.3 Å². The van der Waals surface area contributed by atoms with Crippen LogP contribution in [0.2, 0.25) is 0 Å². The summed E-state index contributed by atoms with van der Waals surface area (Å²) in [6.45, 7) is 6.91. The van der Waals surface area contributed by atoms with Gasteiger partial charge in [0.05, 0.1) is 0 Å². The normalized spacial score (nSPS) is 19.2. The Labute approximate surface area is 243 Å². The molecular formula is C30H36N2O8S. The lowest BCUT2D eigenvalue weighted by Gasteiger charge is -2.41. The summed E-state index contributed by atoms with van der Waals surface area (Å²) < 4.78 is 0. The fourth-order valence-corrected chi connectivity index (χ4v) is 5.69. The van der Waals surface area contributed by atoms with E-state index in [2.05, 4.69) is 72.3 Å². The van der Waals surface area contributed by atoms with E-state index < -0.39 is 23.9 Å². The molecule has 4 rings (SSSR count). The van der Waals surface area contributed by atoms with Gasteiger partial charge in [0.15, 0.2) is 0 Å². The molecule has 2 heterocycles. The van der Waals surface area contributed by atoms with Gasteiger partial charge in [-0.3, -0.25) is 4.90 Å². The number of carboxylic acids is 4. The second kappa shape index (κ2) is 17.0. The molecular weight excluding hydrogens is 548 g/mol. The highest BCUT2D eigenvalue weighted by molar-refractivity contribution is 7.99. The number of benzene rings is 2. The molecule has 2 aliphatic rings. The lowest BCUT2D eigenvalue weighted by atomic mass is 9.83. The minimum Gasteiger partial charge on any atom is -0.478 e. The minimum absolute atomic E-state index is 0.501. The first-order valence-corrected chi connectivity index (χ1v) is 13.9. The summed E-state index contributed by atoms with van der Waals surface area (Å²) in [7, 11) is 2.24. The van der Waals surface area contributed by atoms with Gasteiger partial charge in [0.2, 0.25) is 0 Å². The Kier molecular flexibility index (Phi) is 13.8. The van der Waals surface area contributed by atoms with Crippen molar-refractivity contribution in [1.29, 1.82) is 0 Å². The van der Waals surface area contributed by atoms with Gasteiger partial charge in [0.1, 0.15) is 0 Å². The second-order valence-electron chi connectivity index (χ2n) is 9.50. The third kappa shape index (κ3) is 12.0. The first-order valence-electron chi connectivity index (χ1n) is 13.0. The van der Waals surface area contributed by atoms with E-state index in [4.69, 9.17) is 20.4 Å². The predicted molar refractivity (Wildman–Crippen MR) is 156 cm³/mol. The van der Waals surface area contributed by atoms with Crippen molar-refractivity contribution >= 4 is 35.6 Å². The van der Waals surface area contributed by atoms with E-state index in [9.17, 15) is 19.2 Å². The summed E-state index contributed by atoms with van der Waals surface area (Å²) in [4.78, 5) is 44.9. The van der Waals surface area contributed by atoms with Crippen molar-refractivity contribution < 1.29 is 39.6 Å². The number of aliphatic carboxylic acids is 4. The number of hydrogen-bond donors (Lipinski definition) is 4. The van der Waals surface area contributed by atoms with Crippen LogP contribution in [0, 0.1) is 6.92 Å². The van der Waals surface area contributed by atoms with Gasteiger partial charge in [-0.05, 0) is 43.3 Å². The van der Waals surface area contributed by atoms with Crippen LogP contribution >= 0.6 is 11.8 Å². The summed E-state index contributed by atoms with van der Waals surface area (Å²) in [6, 6.07) is 18.8. The SMILES string of the molecule is Cc1ccc2c(c1)C(N1CCN(C)CC1)C(c1ccccc1)CCS2.O=C(O)/C=C/C(=O)O.O=C(O)/C=C/C(=O)O. The average Bonchev–Trinajstić information content (AvgIpc) is 3.12. The zero-order valence-corrected chi connectivity index (χ0v) is 23.9. The van der Waals surface area contributed by atoms with Crippen molar-refractivity contribution in [3.05, 3.63) is 89.5 Å². The van der Waals surface area contributed by atoms with Crippen LogP contribution in [0.5, 0.6) is 0 Å². The number of carbonyl (C=O) groups is 4. The molecule has 4 N–H and O–H groups in total. The van der Waals surface area contributed by atoms with Gasteiger partial charge >= 0.3 is 23.9 Å². The Bertz CT molecular complexity index is 1170. The molecule has 2 aromatic rings. The standard InChI is InChI=1S/C22H28N2S.2C4H4O4/c1-17-8-9-21-20(16-17)22(24-13-11-23(2)12-14-24)19(10-15-25-21)18-6-4-3-5-7-18;2*5-3(6)1-2-4(7)8/h3-9,16,19,22H,10-15H2,1-2H3;2*1-2H,(H,5,6)(H,7,8)/b;2*2-1+. The first kappa shape index (κ1) is 33.3. The molecule has 0 aromatic heterocycles. The van der Waals surface area contributed by atoms with Gasteiger partial charge in [0.25, 0.3) is 0 Å². The predicted octanol–water partition coefficient (Wildman–Crippen LogP) is 3.99.